The molecule has 0 N–H and O–H groups in total. The van der Waals surface area contributed by atoms with Gasteiger partial charge in [-0.3, -0.25) is 0 Å². The van der Waals surface area contributed by atoms with Gasteiger partial charge >= 0.3 is 5.97 Å². The highest BCUT2D eigenvalue weighted by Crippen LogP contribution is 2.30. The third-order valence-corrected chi connectivity index (χ3v) is 3.31. The third-order valence-electron chi connectivity index (χ3n) is 2.18. The Labute approximate surface area is 90.6 Å². The number of fused-ring (bicyclic) bond motifs is 1. The van der Waals surface area contributed by atoms with Gasteiger partial charge in [-0.25, -0.2) is 4.79 Å². The summed E-state index contributed by atoms with van der Waals surface area (Å²) in [7, 11) is -1.36. The van der Waals surface area contributed by atoms with E-state index < -0.39 is 8.07 Å². The van der Waals surface area contributed by atoms with E-state index >= 15 is 0 Å². The summed E-state index contributed by atoms with van der Waals surface area (Å²) < 4.78 is 5.26. The molecule has 3 heteroatoms. The molecular formula is C12H14O2Si. The molecule has 0 bridgehead atoms. The van der Waals surface area contributed by atoms with Crippen molar-refractivity contribution in [1.29, 1.82) is 0 Å². The minimum absolute atomic E-state index is 0.227. The summed E-state index contributed by atoms with van der Waals surface area (Å²) in [6.07, 6.45) is 0. The van der Waals surface area contributed by atoms with E-state index in [-0.39, 0.29) is 5.97 Å². The van der Waals surface area contributed by atoms with E-state index in [4.69, 9.17) is 4.74 Å². The molecule has 1 aromatic rings. The van der Waals surface area contributed by atoms with E-state index in [0.717, 1.165) is 11.3 Å². The van der Waals surface area contributed by atoms with Crippen molar-refractivity contribution in [2.45, 2.75) is 19.6 Å². The van der Waals surface area contributed by atoms with Crippen LogP contribution in [0, 0.1) is 0 Å². The Morgan fingerprint density at radius 3 is 2.33 bits per heavy atom. The zero-order valence-electron chi connectivity index (χ0n) is 9.20. The second-order valence-corrected chi connectivity index (χ2v) is 9.83. The molecule has 1 heterocycles. The topological polar surface area (TPSA) is 26.3 Å². The van der Waals surface area contributed by atoms with Gasteiger partial charge in [-0.2, -0.15) is 0 Å². The highest BCUT2D eigenvalue weighted by atomic mass is 28.3. The van der Waals surface area contributed by atoms with Crippen molar-refractivity contribution in [3.05, 3.63) is 41.1 Å². The molecule has 0 saturated carbocycles. The van der Waals surface area contributed by atoms with Crippen LogP contribution in [-0.2, 0) is 4.74 Å². The van der Waals surface area contributed by atoms with Gasteiger partial charge in [0.15, 0.2) is 0 Å². The largest absolute Gasteiger partial charge is 0.423 e. The fourth-order valence-corrected chi connectivity index (χ4v) is 2.59. The van der Waals surface area contributed by atoms with E-state index in [0.29, 0.717) is 5.56 Å². The van der Waals surface area contributed by atoms with Crippen LogP contribution in [0.4, 0.5) is 0 Å². The van der Waals surface area contributed by atoms with Gasteiger partial charge in [-0.05, 0) is 6.07 Å². The van der Waals surface area contributed by atoms with Crippen molar-refractivity contribution in [3.8, 4) is 0 Å². The molecule has 0 aliphatic carbocycles. The maximum absolute atomic E-state index is 11.5. The average Bonchev–Trinajstić information content (AvgIpc) is 2.42. The number of carbonyl (C=O) groups is 1. The first-order chi connectivity index (χ1) is 6.97. The van der Waals surface area contributed by atoms with Crippen molar-refractivity contribution >= 4 is 19.8 Å². The van der Waals surface area contributed by atoms with Crippen molar-refractivity contribution in [2.24, 2.45) is 0 Å². The second kappa shape index (κ2) is 3.34. The number of rotatable bonds is 1. The van der Waals surface area contributed by atoms with Crippen LogP contribution in [-0.4, -0.2) is 14.0 Å². The lowest BCUT2D eigenvalue weighted by atomic mass is 10.1. The van der Waals surface area contributed by atoms with Crippen LogP contribution < -0.4 is 0 Å². The number of hydrogen-bond acceptors (Lipinski definition) is 2. The van der Waals surface area contributed by atoms with Gasteiger partial charge in [0.2, 0.25) is 0 Å². The Balaban J connectivity index is 2.50. The summed E-state index contributed by atoms with van der Waals surface area (Å²) in [4.78, 5) is 11.5. The van der Waals surface area contributed by atoms with Crippen LogP contribution in [0.25, 0.3) is 5.76 Å². The molecule has 0 unspecified atom stereocenters. The van der Waals surface area contributed by atoms with Gasteiger partial charge in [0.25, 0.3) is 0 Å². The van der Waals surface area contributed by atoms with E-state index in [1.807, 2.05) is 24.3 Å². The summed E-state index contributed by atoms with van der Waals surface area (Å²) in [5, 5.41) is 0. The molecular weight excluding hydrogens is 204 g/mol. The molecule has 0 saturated heterocycles. The molecule has 0 fully saturated rings. The fourth-order valence-electron chi connectivity index (χ4n) is 1.59. The summed E-state index contributed by atoms with van der Waals surface area (Å²) >= 11 is 0. The molecule has 0 aromatic heterocycles. The molecule has 0 spiro atoms. The first kappa shape index (κ1) is 10.2. The monoisotopic (exact) mass is 218 g/mol. The molecule has 0 radical (unpaired) electrons. The smallest absolute Gasteiger partial charge is 0.344 e. The Morgan fingerprint density at radius 1 is 1.13 bits per heavy atom. The van der Waals surface area contributed by atoms with Crippen molar-refractivity contribution < 1.29 is 9.53 Å². The number of benzene rings is 1. The maximum atomic E-state index is 11.5. The SMILES string of the molecule is C[Si](C)(C)/C=C1\OC(=O)c2ccccc21. The number of esters is 1. The highest BCUT2D eigenvalue weighted by molar-refractivity contribution is 6.81. The molecule has 78 valence electrons. The van der Waals surface area contributed by atoms with E-state index in [1.54, 1.807) is 0 Å². The molecule has 0 amide bonds. The van der Waals surface area contributed by atoms with Crippen LogP contribution in [0.3, 0.4) is 0 Å². The zero-order valence-corrected chi connectivity index (χ0v) is 10.2. The molecule has 2 nitrogen and oxygen atoms in total. The van der Waals surface area contributed by atoms with Gasteiger partial charge < -0.3 is 4.74 Å². The van der Waals surface area contributed by atoms with Gasteiger partial charge in [0, 0.05) is 5.56 Å². The predicted octanol–water partition coefficient (Wildman–Crippen LogP) is 3.08. The standard InChI is InChI=1S/C12H14O2Si/c1-15(2,3)8-11-9-6-4-5-7-10(9)12(13)14-11/h4-8H,1-3H3/b11-8-. The lowest BCUT2D eigenvalue weighted by Gasteiger charge is -2.10. The normalized spacial score (nSPS) is 17.8. The third kappa shape index (κ3) is 2.02. The first-order valence-electron chi connectivity index (χ1n) is 5.02. The van der Waals surface area contributed by atoms with Gasteiger partial charge in [-0.15, -0.1) is 0 Å². The number of hydrogen-bond donors (Lipinski definition) is 0. The molecule has 1 aromatic carbocycles. The summed E-state index contributed by atoms with van der Waals surface area (Å²) in [5.41, 5.74) is 3.74. The number of carbonyl (C=O) groups excluding carboxylic acids is 1. The fraction of sp³-hybridized carbons (Fsp3) is 0.250. The Kier molecular flexibility index (Phi) is 2.27. The molecule has 15 heavy (non-hydrogen) atoms. The van der Waals surface area contributed by atoms with Crippen molar-refractivity contribution in [3.63, 3.8) is 0 Å². The molecule has 1 aliphatic heterocycles. The Morgan fingerprint density at radius 2 is 1.73 bits per heavy atom. The maximum Gasteiger partial charge on any atom is 0.344 e. The Hall–Kier alpha value is -1.35. The zero-order chi connectivity index (χ0) is 11.1. The lowest BCUT2D eigenvalue weighted by Crippen LogP contribution is -2.16. The molecule has 2 rings (SSSR count). The van der Waals surface area contributed by atoms with Crippen LogP contribution in [0.1, 0.15) is 15.9 Å². The molecule has 1 aliphatic rings. The van der Waals surface area contributed by atoms with E-state index in [2.05, 4.69) is 25.3 Å². The van der Waals surface area contributed by atoms with Crippen LogP contribution in [0.5, 0.6) is 0 Å². The quantitative estimate of drug-likeness (QED) is 0.535. The van der Waals surface area contributed by atoms with Gasteiger partial charge in [-0.1, -0.05) is 43.5 Å². The summed E-state index contributed by atoms with van der Waals surface area (Å²) in [6, 6.07) is 7.53. The van der Waals surface area contributed by atoms with Crippen LogP contribution >= 0.6 is 0 Å². The number of ether oxygens (including phenoxy) is 1. The molecule has 0 atom stereocenters. The second-order valence-electron chi connectivity index (χ2n) is 4.81. The van der Waals surface area contributed by atoms with Crippen LogP contribution in [0.2, 0.25) is 19.6 Å². The minimum Gasteiger partial charge on any atom is -0.423 e. The predicted molar refractivity (Wildman–Crippen MR) is 63.2 cm³/mol. The van der Waals surface area contributed by atoms with Gasteiger partial charge in [0.1, 0.15) is 5.76 Å². The number of cyclic esters (lactones) is 1. The first-order valence-corrected chi connectivity index (χ1v) is 8.59. The minimum atomic E-state index is -1.36. The van der Waals surface area contributed by atoms with Crippen molar-refractivity contribution in [1.82, 2.24) is 0 Å². The lowest BCUT2D eigenvalue weighted by molar-refractivity contribution is 0.0716. The average molecular weight is 218 g/mol. The van der Waals surface area contributed by atoms with Crippen molar-refractivity contribution in [2.75, 3.05) is 0 Å². The summed E-state index contributed by atoms with van der Waals surface area (Å²) in [5.74, 6) is 0.518. The Bertz CT molecular complexity index is 441. The highest BCUT2D eigenvalue weighted by Gasteiger charge is 2.27. The van der Waals surface area contributed by atoms with Gasteiger partial charge in [0.05, 0.1) is 13.6 Å². The van der Waals surface area contributed by atoms with E-state index in [9.17, 15) is 4.79 Å². The summed E-state index contributed by atoms with van der Waals surface area (Å²) in [6.45, 7) is 6.65. The van der Waals surface area contributed by atoms with E-state index in [1.165, 1.54) is 0 Å². The van der Waals surface area contributed by atoms with Crippen LogP contribution in [0.15, 0.2) is 30.0 Å².